The standard InChI is InChI=1S/C9H12F3N3O/c10-9(11,12)2-1-8(16)15-4-3-14-6-7(15)5-13/h7,14H,1-4,6H2. The monoisotopic (exact) mass is 235 g/mol. The topological polar surface area (TPSA) is 56.1 Å². The SMILES string of the molecule is N#CC1CNCCN1C(=O)CCC(F)(F)F. The lowest BCUT2D eigenvalue weighted by Crippen LogP contribution is -2.53. The first-order chi connectivity index (χ1) is 7.44. The van der Waals surface area contributed by atoms with Gasteiger partial charge in [0.2, 0.25) is 5.91 Å². The number of hydrogen-bond donors (Lipinski definition) is 1. The Bertz CT molecular complexity index is 297. The second-order valence-electron chi connectivity index (χ2n) is 3.55. The highest BCUT2D eigenvalue weighted by Gasteiger charge is 2.31. The van der Waals surface area contributed by atoms with Crippen molar-refractivity contribution in [1.82, 2.24) is 10.2 Å². The number of rotatable bonds is 2. The molecule has 1 heterocycles. The van der Waals surface area contributed by atoms with Gasteiger partial charge in [-0.1, -0.05) is 0 Å². The lowest BCUT2D eigenvalue weighted by atomic mass is 10.1. The number of nitrogens with one attached hydrogen (secondary N) is 1. The van der Waals surface area contributed by atoms with E-state index >= 15 is 0 Å². The summed E-state index contributed by atoms with van der Waals surface area (Å²) in [5, 5.41) is 11.6. The molecule has 1 amide bonds. The van der Waals surface area contributed by atoms with Gasteiger partial charge in [0, 0.05) is 26.1 Å². The summed E-state index contributed by atoms with van der Waals surface area (Å²) in [5.74, 6) is -0.606. The Balaban J connectivity index is 2.49. The summed E-state index contributed by atoms with van der Waals surface area (Å²) >= 11 is 0. The molecule has 4 nitrogen and oxygen atoms in total. The summed E-state index contributed by atoms with van der Waals surface area (Å²) < 4.78 is 35.7. The van der Waals surface area contributed by atoms with Crippen LogP contribution in [0.2, 0.25) is 0 Å². The van der Waals surface area contributed by atoms with E-state index in [2.05, 4.69) is 5.32 Å². The van der Waals surface area contributed by atoms with Gasteiger partial charge in [-0.3, -0.25) is 4.79 Å². The number of carbonyl (C=O) groups excluding carboxylic acids is 1. The number of amides is 1. The third kappa shape index (κ3) is 3.70. The lowest BCUT2D eigenvalue weighted by Gasteiger charge is -2.32. The molecule has 1 atom stereocenters. The number of carbonyl (C=O) groups is 1. The van der Waals surface area contributed by atoms with E-state index in [1.54, 1.807) is 0 Å². The lowest BCUT2D eigenvalue weighted by molar-refractivity contribution is -0.150. The van der Waals surface area contributed by atoms with E-state index < -0.39 is 31.0 Å². The molecule has 0 saturated carbocycles. The zero-order valence-electron chi connectivity index (χ0n) is 8.55. The van der Waals surface area contributed by atoms with Crippen LogP contribution in [0.4, 0.5) is 13.2 Å². The van der Waals surface area contributed by atoms with Crippen molar-refractivity contribution in [2.45, 2.75) is 25.1 Å². The van der Waals surface area contributed by atoms with Gasteiger partial charge in [0.25, 0.3) is 0 Å². The fourth-order valence-corrected chi connectivity index (χ4v) is 1.51. The normalized spacial score (nSPS) is 21.6. The predicted molar refractivity (Wildman–Crippen MR) is 49.3 cm³/mol. The highest BCUT2D eigenvalue weighted by Crippen LogP contribution is 2.22. The number of alkyl halides is 3. The minimum atomic E-state index is -4.33. The van der Waals surface area contributed by atoms with Crippen LogP contribution in [-0.2, 0) is 4.79 Å². The summed E-state index contributed by atoms with van der Waals surface area (Å²) in [6, 6.07) is 1.24. The number of nitrogens with zero attached hydrogens (tertiary/aromatic N) is 2. The maximum Gasteiger partial charge on any atom is 0.389 e. The van der Waals surface area contributed by atoms with Crippen LogP contribution in [0.5, 0.6) is 0 Å². The summed E-state index contributed by atoms with van der Waals surface area (Å²) in [4.78, 5) is 12.7. The van der Waals surface area contributed by atoms with E-state index in [0.717, 1.165) is 0 Å². The molecule has 90 valence electrons. The van der Waals surface area contributed by atoms with Gasteiger partial charge < -0.3 is 10.2 Å². The highest BCUT2D eigenvalue weighted by molar-refractivity contribution is 5.77. The Morgan fingerprint density at radius 1 is 1.56 bits per heavy atom. The van der Waals surface area contributed by atoms with Gasteiger partial charge in [0.05, 0.1) is 12.5 Å². The molecule has 0 aromatic rings. The predicted octanol–water partition coefficient (Wildman–Crippen LogP) is 0.653. The molecular weight excluding hydrogens is 223 g/mol. The van der Waals surface area contributed by atoms with Gasteiger partial charge in [-0.05, 0) is 0 Å². The second kappa shape index (κ2) is 5.16. The smallest absolute Gasteiger partial charge is 0.324 e. The number of nitriles is 1. The zero-order chi connectivity index (χ0) is 12.2. The van der Waals surface area contributed by atoms with Crippen LogP contribution < -0.4 is 5.32 Å². The Hall–Kier alpha value is -1.29. The molecule has 0 radical (unpaired) electrons. The van der Waals surface area contributed by atoms with Crippen LogP contribution in [-0.4, -0.2) is 42.7 Å². The molecule has 0 bridgehead atoms. The first-order valence-corrected chi connectivity index (χ1v) is 4.90. The van der Waals surface area contributed by atoms with Crippen molar-refractivity contribution in [3.8, 4) is 6.07 Å². The number of piperazine rings is 1. The summed E-state index contributed by atoms with van der Waals surface area (Å²) in [7, 11) is 0. The van der Waals surface area contributed by atoms with Crippen molar-refractivity contribution in [2.75, 3.05) is 19.6 Å². The van der Waals surface area contributed by atoms with Gasteiger partial charge in [-0.15, -0.1) is 0 Å². The molecule has 1 N–H and O–H groups in total. The molecular formula is C9H12F3N3O. The van der Waals surface area contributed by atoms with Crippen LogP contribution in [0, 0.1) is 11.3 Å². The van der Waals surface area contributed by atoms with Crippen LogP contribution in [0.25, 0.3) is 0 Å². The van der Waals surface area contributed by atoms with E-state index in [1.165, 1.54) is 4.90 Å². The van der Waals surface area contributed by atoms with Gasteiger partial charge in [-0.2, -0.15) is 18.4 Å². The molecule has 1 fully saturated rings. The van der Waals surface area contributed by atoms with Crippen LogP contribution in [0.1, 0.15) is 12.8 Å². The summed E-state index contributed by atoms with van der Waals surface area (Å²) in [6.07, 6.45) is -6.04. The van der Waals surface area contributed by atoms with Crippen LogP contribution in [0.3, 0.4) is 0 Å². The number of halogens is 3. The second-order valence-corrected chi connectivity index (χ2v) is 3.55. The highest BCUT2D eigenvalue weighted by atomic mass is 19.4. The quantitative estimate of drug-likeness (QED) is 0.764. The molecule has 0 aromatic heterocycles. The molecule has 0 aliphatic carbocycles. The van der Waals surface area contributed by atoms with Crippen LogP contribution in [0.15, 0.2) is 0 Å². The molecule has 0 aromatic carbocycles. The van der Waals surface area contributed by atoms with Crippen molar-refractivity contribution in [2.24, 2.45) is 0 Å². The number of hydrogen-bond acceptors (Lipinski definition) is 3. The van der Waals surface area contributed by atoms with E-state index in [9.17, 15) is 18.0 Å². The van der Waals surface area contributed by atoms with E-state index in [1.807, 2.05) is 6.07 Å². The molecule has 0 spiro atoms. The molecule has 1 aliphatic rings. The molecule has 7 heteroatoms. The first kappa shape index (κ1) is 12.8. The third-order valence-corrected chi connectivity index (χ3v) is 2.34. The molecule has 1 saturated heterocycles. The molecule has 1 aliphatic heterocycles. The van der Waals surface area contributed by atoms with Gasteiger partial charge in [-0.25, -0.2) is 0 Å². The Morgan fingerprint density at radius 2 is 2.25 bits per heavy atom. The summed E-state index contributed by atoms with van der Waals surface area (Å²) in [6.45, 7) is 1.11. The first-order valence-electron chi connectivity index (χ1n) is 4.90. The fraction of sp³-hybridized carbons (Fsp3) is 0.778. The Labute approximate surface area is 91.0 Å². The van der Waals surface area contributed by atoms with Crippen LogP contribution >= 0.6 is 0 Å². The minimum Gasteiger partial charge on any atom is -0.324 e. The molecule has 1 unspecified atom stereocenters. The summed E-state index contributed by atoms with van der Waals surface area (Å²) in [5.41, 5.74) is 0. The van der Waals surface area contributed by atoms with E-state index in [-0.39, 0.29) is 6.54 Å². The minimum absolute atomic E-state index is 0.287. The molecule has 1 rings (SSSR count). The van der Waals surface area contributed by atoms with Crippen molar-refractivity contribution in [3.05, 3.63) is 0 Å². The average molecular weight is 235 g/mol. The van der Waals surface area contributed by atoms with E-state index in [0.29, 0.717) is 13.1 Å². The van der Waals surface area contributed by atoms with Gasteiger partial charge >= 0.3 is 6.18 Å². The maximum absolute atomic E-state index is 11.9. The van der Waals surface area contributed by atoms with E-state index in [4.69, 9.17) is 5.26 Å². The zero-order valence-corrected chi connectivity index (χ0v) is 8.55. The van der Waals surface area contributed by atoms with Crippen molar-refractivity contribution in [3.63, 3.8) is 0 Å². The van der Waals surface area contributed by atoms with Gasteiger partial charge in [0.15, 0.2) is 0 Å². The van der Waals surface area contributed by atoms with Gasteiger partial charge in [0.1, 0.15) is 6.04 Å². The van der Waals surface area contributed by atoms with Crippen molar-refractivity contribution in [1.29, 1.82) is 5.26 Å². The Kier molecular flexibility index (Phi) is 4.12. The maximum atomic E-state index is 11.9. The largest absolute Gasteiger partial charge is 0.389 e. The molecule has 16 heavy (non-hydrogen) atoms. The van der Waals surface area contributed by atoms with Crippen molar-refractivity contribution < 1.29 is 18.0 Å². The average Bonchev–Trinajstić information content (AvgIpc) is 2.25. The van der Waals surface area contributed by atoms with Crippen molar-refractivity contribution >= 4 is 5.91 Å². The Morgan fingerprint density at radius 3 is 2.81 bits per heavy atom. The third-order valence-electron chi connectivity index (χ3n) is 2.34. The fourth-order valence-electron chi connectivity index (χ4n) is 1.51.